The Morgan fingerprint density at radius 3 is 1.33 bits per heavy atom. The predicted octanol–water partition coefficient (Wildman–Crippen LogP) is 10.9. The summed E-state index contributed by atoms with van der Waals surface area (Å²) in [5.74, 6) is 5.17. The lowest BCUT2D eigenvalue weighted by molar-refractivity contribution is -0.121. The zero-order valence-corrected chi connectivity index (χ0v) is 34.7. The van der Waals surface area contributed by atoms with Gasteiger partial charge in [0, 0.05) is 19.3 Å². The minimum Gasteiger partial charge on any atom is -0.381 e. The molecule has 0 saturated heterocycles. The molecule has 4 aliphatic carbocycles. The van der Waals surface area contributed by atoms with Gasteiger partial charge in [-0.1, -0.05) is 70.6 Å². The van der Waals surface area contributed by atoms with Crippen molar-refractivity contribution in [3.63, 3.8) is 0 Å². The lowest BCUT2D eigenvalue weighted by atomic mass is 9.70. The fraction of sp³-hybridized carbons (Fsp3) is 0.757. The van der Waals surface area contributed by atoms with Crippen molar-refractivity contribution in [1.29, 1.82) is 0 Å². The van der Waals surface area contributed by atoms with Gasteiger partial charge < -0.3 is 4.18 Å². The predicted molar refractivity (Wildman–Crippen MR) is 199 cm³/mol. The van der Waals surface area contributed by atoms with Crippen LogP contribution in [0.15, 0.2) is 42.2 Å². The van der Waals surface area contributed by atoms with E-state index >= 15 is 0 Å². The average Bonchev–Trinajstić information content (AvgIpc) is 3.15. The molecule has 0 radical (unpaired) electrons. The molecule has 334 valence electrons. The van der Waals surface area contributed by atoms with E-state index in [0.29, 0.717) is 42.6 Å². The molecule has 9 nitrogen and oxygen atoms in total. The fourth-order valence-corrected chi connectivity index (χ4v) is 11.5. The Morgan fingerprint density at radius 2 is 0.966 bits per heavy atom. The highest BCUT2D eigenvalue weighted by Gasteiger charge is 2.61. The molecule has 1 unspecified atom stereocenters. The van der Waals surface area contributed by atoms with Crippen molar-refractivity contribution in [3.8, 4) is 0 Å². The second kappa shape index (κ2) is 20.3. The summed E-state index contributed by atoms with van der Waals surface area (Å²) in [7, 11) is -19.1. The number of alkyl halides is 9. The molecule has 0 heterocycles. The molecule has 21 heteroatoms. The number of carbonyl (C=O) groups excluding carboxylic acids is 1. The molecule has 5 rings (SSSR count). The molecule has 0 N–H and O–H groups in total. The number of hydrogen-bond donors (Lipinski definition) is 0. The summed E-state index contributed by atoms with van der Waals surface area (Å²) in [6.45, 7) is 4.53. The normalized spacial score (nSPS) is 25.6. The molecule has 1 aromatic rings. The largest absolute Gasteiger partial charge is 0.534 e. The van der Waals surface area contributed by atoms with Gasteiger partial charge in [-0.15, -0.1) is 3.71 Å². The lowest BCUT2D eigenvalue weighted by Crippen LogP contribution is -2.49. The molecule has 4 aliphatic rings. The van der Waals surface area contributed by atoms with E-state index in [1.165, 1.54) is 83.1 Å². The molecule has 1 aromatic carbocycles. The molecule has 0 bridgehead atoms. The van der Waals surface area contributed by atoms with Gasteiger partial charge >= 0.3 is 46.7 Å². The minimum absolute atomic E-state index is 0.0594. The number of carbonyl (C=O) groups is 1. The van der Waals surface area contributed by atoms with Gasteiger partial charge in [0.25, 0.3) is 0 Å². The van der Waals surface area contributed by atoms with Crippen molar-refractivity contribution >= 4 is 41.6 Å². The van der Waals surface area contributed by atoms with E-state index in [4.69, 9.17) is 0 Å². The topological polar surface area (TPSA) is 132 Å². The van der Waals surface area contributed by atoms with Crippen LogP contribution in [0.4, 0.5) is 45.2 Å². The Labute approximate surface area is 335 Å². The van der Waals surface area contributed by atoms with Crippen molar-refractivity contribution in [1.82, 2.24) is 0 Å². The zero-order valence-electron chi connectivity index (χ0n) is 32.3. The fourth-order valence-electron chi connectivity index (χ4n) is 8.24. The molecular weight excluding hydrogens is 854 g/mol. The first-order valence-corrected chi connectivity index (χ1v) is 23.7. The van der Waals surface area contributed by atoms with Crippen LogP contribution >= 0.6 is 0 Å². The number of para-hydroxylation sites is 1. The third kappa shape index (κ3) is 13.2. The minimum atomic E-state index is -6.81. The van der Waals surface area contributed by atoms with Crippen LogP contribution in [-0.2, 0) is 39.1 Å². The summed E-state index contributed by atoms with van der Waals surface area (Å²) in [5, 5.41) is 0. The maximum absolute atomic E-state index is 12.4. The second-order valence-electron chi connectivity index (χ2n) is 15.4. The molecule has 58 heavy (non-hydrogen) atoms. The first kappa shape index (κ1) is 49.8. The van der Waals surface area contributed by atoms with Gasteiger partial charge in [-0.3, -0.25) is 4.79 Å². The number of benzene rings is 1. The summed E-state index contributed by atoms with van der Waals surface area (Å²) >= 11 is 0. The van der Waals surface area contributed by atoms with E-state index in [-0.39, 0.29) is 12.2 Å². The zero-order chi connectivity index (χ0) is 43.7. The Kier molecular flexibility index (Phi) is 17.5. The van der Waals surface area contributed by atoms with Crippen LogP contribution in [0.25, 0.3) is 0 Å². The van der Waals surface area contributed by atoms with E-state index in [1.54, 1.807) is 0 Å². The Morgan fingerprint density at radius 1 is 0.569 bits per heavy atom. The third-order valence-corrected chi connectivity index (χ3v) is 16.4. The van der Waals surface area contributed by atoms with E-state index in [0.717, 1.165) is 54.7 Å². The summed E-state index contributed by atoms with van der Waals surface area (Å²) in [4.78, 5) is 11.2. The maximum Gasteiger partial charge on any atom is 0.534 e. The van der Waals surface area contributed by atoms with E-state index in [1.807, 2.05) is 0 Å². The van der Waals surface area contributed by atoms with Gasteiger partial charge in [0.2, 0.25) is 0 Å². The molecular formula is C37H52F9NO8S3. The summed E-state index contributed by atoms with van der Waals surface area (Å²) < 4.78 is 181. The van der Waals surface area contributed by atoms with Crippen molar-refractivity contribution in [2.75, 3.05) is 3.71 Å². The number of nitrogens with zero attached hydrogens (tertiary/aromatic N) is 1. The standard InChI is InChI=1S/C15H23F3O3S.C14H24O.C8H5F6NO4S2/c1-2-11-3-5-12(6-4-11)13-7-9-14(10-8-13)21-22(19,20)15(16,17)18;1-2-11-3-5-12(6-4-11)13-7-9-14(15)10-8-13;9-7(10,11)20(16,17)15(6-4-2-1-3-5-6)21(18,19)8(12,13)14/h9,11-13H,2-8,10H2,1H3;11-13H,2-10H2,1H3;1-5H. The van der Waals surface area contributed by atoms with Crippen LogP contribution in [0.1, 0.15) is 123 Å². The molecule has 0 spiro atoms. The highest BCUT2D eigenvalue weighted by molar-refractivity contribution is 8.11. The number of hydrogen-bond acceptors (Lipinski definition) is 8. The molecule has 0 aliphatic heterocycles. The van der Waals surface area contributed by atoms with Crippen LogP contribution in [0.2, 0.25) is 0 Å². The molecule has 0 aromatic heterocycles. The number of anilines is 1. The molecule has 0 amide bonds. The number of Topliss-reactive ketones (excluding diaryl/α,β-unsaturated/α-hetero) is 1. The SMILES string of the molecule is CCC1CCC(C2CC=C(OS(=O)(=O)C(F)(F)F)CC2)CC1.CCC1CCC(C2CCC(=O)CC2)CC1.O=S(=O)(N(c1ccccc1)S(=O)(=O)C(F)(F)F)C(F)(F)F. The van der Waals surface area contributed by atoms with Gasteiger partial charge in [0.05, 0.1) is 5.69 Å². The monoisotopic (exact) mass is 905 g/mol. The highest BCUT2D eigenvalue weighted by atomic mass is 32.3. The highest BCUT2D eigenvalue weighted by Crippen LogP contribution is 2.43. The van der Waals surface area contributed by atoms with Crippen LogP contribution in [0, 0.1) is 35.5 Å². The Balaban J connectivity index is 0.000000237. The van der Waals surface area contributed by atoms with E-state index in [2.05, 4.69) is 18.0 Å². The number of halogens is 9. The third-order valence-electron chi connectivity index (χ3n) is 11.8. The van der Waals surface area contributed by atoms with Crippen LogP contribution < -0.4 is 3.71 Å². The number of allylic oxidation sites excluding steroid dienone is 2. The van der Waals surface area contributed by atoms with E-state index < -0.39 is 56.1 Å². The van der Waals surface area contributed by atoms with Gasteiger partial charge in [-0.25, -0.2) is 0 Å². The van der Waals surface area contributed by atoms with Crippen molar-refractivity contribution in [2.45, 2.75) is 140 Å². The number of ketones is 1. The second-order valence-corrected chi connectivity index (χ2v) is 20.7. The summed E-state index contributed by atoms with van der Waals surface area (Å²) in [6, 6.07) is 3.85. The first-order chi connectivity index (χ1) is 26.7. The van der Waals surface area contributed by atoms with Crippen LogP contribution in [-0.4, -0.2) is 47.6 Å². The summed E-state index contributed by atoms with van der Waals surface area (Å²) in [5.41, 5.74) is -19.1. The van der Waals surface area contributed by atoms with Gasteiger partial charge in [0.15, 0.2) is 0 Å². The van der Waals surface area contributed by atoms with Crippen molar-refractivity contribution in [2.24, 2.45) is 35.5 Å². The van der Waals surface area contributed by atoms with Gasteiger partial charge in [-0.05, 0) is 105 Å². The Hall–Kier alpha value is -2.55. The van der Waals surface area contributed by atoms with Crippen LogP contribution in [0.3, 0.4) is 0 Å². The maximum atomic E-state index is 12.4. The van der Waals surface area contributed by atoms with E-state index in [9.17, 15) is 69.6 Å². The molecule has 1 atom stereocenters. The van der Waals surface area contributed by atoms with Gasteiger partial charge in [0.1, 0.15) is 11.5 Å². The molecule has 3 saturated carbocycles. The average molecular weight is 906 g/mol. The van der Waals surface area contributed by atoms with Crippen LogP contribution in [0.5, 0.6) is 0 Å². The van der Waals surface area contributed by atoms with Gasteiger partial charge in [-0.2, -0.15) is 64.8 Å². The smallest absolute Gasteiger partial charge is 0.381 e. The van der Waals surface area contributed by atoms with Crippen molar-refractivity contribution in [3.05, 3.63) is 42.2 Å². The number of sulfonamides is 2. The quantitative estimate of drug-likeness (QED) is 0.136. The number of rotatable bonds is 9. The summed E-state index contributed by atoms with van der Waals surface area (Å²) in [6.07, 6.45) is 20.4. The van der Waals surface area contributed by atoms with Crippen molar-refractivity contribution < 1.29 is 73.7 Å². The molecule has 3 fully saturated rings. The first-order valence-electron chi connectivity index (χ1n) is 19.4. The lowest BCUT2D eigenvalue weighted by Gasteiger charge is -2.35. The Bertz CT molecular complexity index is 1780.